The third kappa shape index (κ3) is 11.7. The molecule has 0 fully saturated rings. The highest BCUT2D eigenvalue weighted by atomic mass is 16.5. The summed E-state index contributed by atoms with van der Waals surface area (Å²) in [5.41, 5.74) is 1.46. The second-order valence-corrected chi connectivity index (χ2v) is 6.85. The second-order valence-electron chi connectivity index (χ2n) is 6.85. The standard InChI is InChI=1S/C26H30N2O5/c1-20(26(31)32)19-27-24(30)18-13-11-9-7-5-4-6-8-10-12-15-22-16-14-17-23(33-3)25(22)28-21(2)29/h4-18,20H,19H2,1-3H3,(H,27,30)(H,28,29)(H,31,32)/b6-4+,7-5+,10-8+,11-9+,15-12+,18-13+/t20-/m1/s1. The van der Waals surface area contributed by atoms with Gasteiger partial charge in [0.1, 0.15) is 5.75 Å². The first-order valence-corrected chi connectivity index (χ1v) is 10.3. The topological polar surface area (TPSA) is 105 Å². The van der Waals surface area contributed by atoms with E-state index in [0.717, 1.165) is 5.56 Å². The lowest BCUT2D eigenvalue weighted by Crippen LogP contribution is -2.30. The van der Waals surface area contributed by atoms with Gasteiger partial charge in [-0.3, -0.25) is 14.4 Å². The summed E-state index contributed by atoms with van der Waals surface area (Å²) < 4.78 is 5.30. The summed E-state index contributed by atoms with van der Waals surface area (Å²) in [5, 5.41) is 14.1. The lowest BCUT2D eigenvalue weighted by molar-refractivity contribution is -0.141. The molecule has 0 unspecified atom stereocenters. The van der Waals surface area contributed by atoms with E-state index in [1.165, 1.54) is 19.9 Å². The van der Waals surface area contributed by atoms with E-state index in [1.807, 2.05) is 60.7 Å². The Morgan fingerprint density at radius 2 is 1.55 bits per heavy atom. The largest absolute Gasteiger partial charge is 0.495 e. The molecule has 0 aromatic heterocycles. The maximum Gasteiger partial charge on any atom is 0.308 e. The van der Waals surface area contributed by atoms with Crippen molar-refractivity contribution in [3.8, 4) is 5.75 Å². The van der Waals surface area contributed by atoms with Gasteiger partial charge in [-0.05, 0) is 6.07 Å². The highest BCUT2D eigenvalue weighted by molar-refractivity contribution is 5.93. The molecule has 7 nitrogen and oxygen atoms in total. The lowest BCUT2D eigenvalue weighted by Gasteiger charge is -2.11. The first-order chi connectivity index (χ1) is 15.8. The van der Waals surface area contributed by atoms with Crippen LogP contribution in [0, 0.1) is 5.92 Å². The maximum atomic E-state index is 11.5. The molecular formula is C26H30N2O5. The summed E-state index contributed by atoms with van der Waals surface area (Å²) in [5.74, 6) is -1.49. The number of carboxylic acid groups (broad SMARTS) is 1. The monoisotopic (exact) mass is 450 g/mol. The van der Waals surface area contributed by atoms with Crippen molar-refractivity contribution >= 4 is 29.5 Å². The highest BCUT2D eigenvalue weighted by Crippen LogP contribution is 2.29. The number of allylic oxidation sites excluding steroid dienone is 10. The minimum absolute atomic E-state index is 0.0889. The van der Waals surface area contributed by atoms with Gasteiger partial charge in [0.15, 0.2) is 0 Å². The molecule has 1 rings (SSSR count). The molecule has 1 aromatic rings. The van der Waals surface area contributed by atoms with E-state index >= 15 is 0 Å². The van der Waals surface area contributed by atoms with Gasteiger partial charge in [0.2, 0.25) is 11.8 Å². The van der Waals surface area contributed by atoms with E-state index in [9.17, 15) is 14.4 Å². The molecule has 0 saturated heterocycles. The Labute approximate surface area is 194 Å². The molecule has 0 radical (unpaired) electrons. The summed E-state index contributed by atoms with van der Waals surface area (Å²) in [6.45, 7) is 3.07. The Balaban J connectivity index is 2.46. The molecule has 0 spiro atoms. The zero-order valence-electron chi connectivity index (χ0n) is 19.0. The highest BCUT2D eigenvalue weighted by Gasteiger charge is 2.10. The van der Waals surface area contributed by atoms with Gasteiger partial charge in [-0.2, -0.15) is 0 Å². The van der Waals surface area contributed by atoms with E-state index in [1.54, 1.807) is 31.4 Å². The number of hydrogen-bond donors (Lipinski definition) is 3. The smallest absolute Gasteiger partial charge is 0.308 e. The number of rotatable bonds is 12. The van der Waals surface area contributed by atoms with Crippen LogP contribution in [0.4, 0.5) is 5.69 Å². The van der Waals surface area contributed by atoms with Crippen molar-refractivity contribution in [1.82, 2.24) is 5.32 Å². The first kappa shape index (κ1) is 26.9. The van der Waals surface area contributed by atoms with E-state index in [4.69, 9.17) is 9.84 Å². The molecule has 7 heteroatoms. The average molecular weight is 451 g/mol. The molecule has 2 amide bonds. The van der Waals surface area contributed by atoms with Crippen molar-refractivity contribution in [2.75, 3.05) is 19.0 Å². The van der Waals surface area contributed by atoms with Crippen LogP contribution in [0.5, 0.6) is 5.75 Å². The minimum Gasteiger partial charge on any atom is -0.495 e. The molecule has 0 bridgehead atoms. The Morgan fingerprint density at radius 3 is 2.09 bits per heavy atom. The predicted molar refractivity (Wildman–Crippen MR) is 132 cm³/mol. The molecule has 0 aliphatic rings. The van der Waals surface area contributed by atoms with Crippen LogP contribution in [0.2, 0.25) is 0 Å². The van der Waals surface area contributed by atoms with Crippen molar-refractivity contribution in [3.05, 3.63) is 90.6 Å². The van der Waals surface area contributed by atoms with Crippen molar-refractivity contribution in [3.63, 3.8) is 0 Å². The molecular weight excluding hydrogens is 420 g/mol. The fourth-order valence-corrected chi connectivity index (χ4v) is 2.38. The number of benzene rings is 1. The van der Waals surface area contributed by atoms with Gasteiger partial charge in [-0.15, -0.1) is 0 Å². The quantitative estimate of drug-likeness (QED) is 0.326. The zero-order chi connectivity index (χ0) is 24.5. The van der Waals surface area contributed by atoms with Crippen LogP contribution in [0.15, 0.2) is 85.0 Å². The van der Waals surface area contributed by atoms with Crippen LogP contribution in [0.25, 0.3) is 6.08 Å². The molecule has 0 aliphatic carbocycles. The molecule has 3 N–H and O–H groups in total. The van der Waals surface area contributed by atoms with Crippen molar-refractivity contribution in [1.29, 1.82) is 0 Å². The first-order valence-electron chi connectivity index (χ1n) is 10.3. The molecule has 0 aliphatic heterocycles. The van der Waals surface area contributed by atoms with Gasteiger partial charge in [-0.25, -0.2) is 0 Å². The molecule has 174 valence electrons. The molecule has 1 aromatic carbocycles. The number of nitrogens with one attached hydrogen (secondary N) is 2. The van der Waals surface area contributed by atoms with Gasteiger partial charge < -0.3 is 20.5 Å². The number of carbonyl (C=O) groups excluding carboxylic acids is 2. The van der Waals surface area contributed by atoms with Gasteiger partial charge in [-0.1, -0.05) is 85.9 Å². The van der Waals surface area contributed by atoms with Crippen molar-refractivity contribution in [2.45, 2.75) is 13.8 Å². The molecule has 0 saturated carbocycles. The van der Waals surface area contributed by atoms with Crippen LogP contribution in [-0.2, 0) is 14.4 Å². The number of aliphatic carboxylic acids is 1. The number of hydrogen-bond acceptors (Lipinski definition) is 4. The van der Waals surface area contributed by atoms with E-state index in [0.29, 0.717) is 11.4 Å². The summed E-state index contributed by atoms with van der Waals surface area (Å²) in [6.07, 6.45) is 21.2. The minimum atomic E-state index is -0.948. The lowest BCUT2D eigenvalue weighted by atomic mass is 10.1. The van der Waals surface area contributed by atoms with Crippen LogP contribution < -0.4 is 15.4 Å². The van der Waals surface area contributed by atoms with E-state index in [-0.39, 0.29) is 18.4 Å². The third-order valence-corrected chi connectivity index (χ3v) is 4.11. The molecule has 33 heavy (non-hydrogen) atoms. The Hall–Kier alpha value is -4.13. The Kier molecular flexibility index (Phi) is 12.8. The summed E-state index contributed by atoms with van der Waals surface area (Å²) >= 11 is 0. The van der Waals surface area contributed by atoms with Crippen molar-refractivity contribution < 1.29 is 24.2 Å². The number of methoxy groups -OCH3 is 1. The number of carbonyl (C=O) groups is 3. The number of ether oxygens (including phenoxy) is 1. The summed E-state index contributed by atoms with van der Waals surface area (Å²) in [6, 6.07) is 5.53. The number of carboxylic acids is 1. The fourth-order valence-electron chi connectivity index (χ4n) is 2.38. The predicted octanol–water partition coefficient (Wildman–Crippen LogP) is 4.28. The van der Waals surface area contributed by atoms with Gasteiger partial charge in [0.05, 0.1) is 18.7 Å². The van der Waals surface area contributed by atoms with E-state index < -0.39 is 11.9 Å². The van der Waals surface area contributed by atoms with Crippen LogP contribution in [0.3, 0.4) is 0 Å². The summed E-state index contributed by atoms with van der Waals surface area (Å²) in [7, 11) is 1.56. The van der Waals surface area contributed by atoms with Gasteiger partial charge >= 0.3 is 5.97 Å². The molecule has 1 atom stereocenters. The Morgan fingerprint density at radius 1 is 0.970 bits per heavy atom. The zero-order valence-corrected chi connectivity index (χ0v) is 19.0. The summed E-state index contributed by atoms with van der Waals surface area (Å²) in [4.78, 5) is 33.6. The fraction of sp³-hybridized carbons (Fsp3) is 0.192. The third-order valence-electron chi connectivity index (χ3n) is 4.11. The second kappa shape index (κ2) is 15.6. The normalized spacial score (nSPS) is 13.1. The number of para-hydroxylation sites is 1. The van der Waals surface area contributed by atoms with Crippen LogP contribution in [0.1, 0.15) is 19.4 Å². The number of amides is 2. The number of anilines is 1. The average Bonchev–Trinajstić information content (AvgIpc) is 2.78. The SMILES string of the molecule is COc1cccc(/C=C/C=C/C=C/C=C/C=C/C=C/C(=O)NC[C@@H](C)C(=O)O)c1NC(C)=O. The van der Waals surface area contributed by atoms with Crippen molar-refractivity contribution in [2.24, 2.45) is 5.92 Å². The maximum absolute atomic E-state index is 11.5. The van der Waals surface area contributed by atoms with Crippen LogP contribution >= 0.6 is 0 Å². The molecule has 0 heterocycles. The van der Waals surface area contributed by atoms with Gasteiger partial charge in [0, 0.05) is 25.1 Å². The van der Waals surface area contributed by atoms with Gasteiger partial charge in [0.25, 0.3) is 0 Å². The van der Waals surface area contributed by atoms with E-state index in [2.05, 4.69) is 10.6 Å². The Bertz CT molecular complexity index is 984. The van der Waals surface area contributed by atoms with Crippen LogP contribution in [-0.4, -0.2) is 36.5 Å².